The monoisotopic (exact) mass is 396 g/mol. The second-order valence-electron chi connectivity index (χ2n) is 6.04. The molecule has 6 nitrogen and oxygen atoms in total. The van der Waals surface area contributed by atoms with E-state index in [4.69, 9.17) is 0 Å². The van der Waals surface area contributed by atoms with Gasteiger partial charge in [0.1, 0.15) is 0 Å². The van der Waals surface area contributed by atoms with Crippen LogP contribution < -0.4 is 9.44 Å². The van der Waals surface area contributed by atoms with Gasteiger partial charge in [0, 0.05) is 13.1 Å². The number of hydrogen-bond donors (Lipinski definition) is 2. The second kappa shape index (κ2) is 8.30. The molecule has 0 atom stereocenters. The quantitative estimate of drug-likeness (QED) is 0.715. The van der Waals surface area contributed by atoms with Gasteiger partial charge in [-0.15, -0.1) is 0 Å². The van der Waals surface area contributed by atoms with Crippen LogP contribution in [0.3, 0.4) is 0 Å². The van der Waals surface area contributed by atoms with Crippen LogP contribution in [0.5, 0.6) is 0 Å². The highest BCUT2D eigenvalue weighted by Crippen LogP contribution is 2.15. The van der Waals surface area contributed by atoms with Gasteiger partial charge in [-0.3, -0.25) is 0 Å². The van der Waals surface area contributed by atoms with Gasteiger partial charge in [0.25, 0.3) is 0 Å². The second-order valence-corrected chi connectivity index (χ2v) is 9.57. The van der Waals surface area contributed by atoms with Crippen molar-refractivity contribution in [2.45, 2.75) is 37.0 Å². The highest BCUT2D eigenvalue weighted by Gasteiger charge is 2.15. The van der Waals surface area contributed by atoms with Gasteiger partial charge in [0.05, 0.1) is 9.79 Å². The third-order valence-electron chi connectivity index (χ3n) is 4.06. The number of rotatable bonds is 8. The molecule has 0 aliphatic rings. The molecule has 8 heteroatoms. The van der Waals surface area contributed by atoms with Crippen LogP contribution >= 0.6 is 0 Å². The smallest absolute Gasteiger partial charge is 0.211 e. The summed E-state index contributed by atoms with van der Waals surface area (Å²) in [7, 11) is -7.04. The van der Waals surface area contributed by atoms with Gasteiger partial charge >= 0.3 is 0 Å². The summed E-state index contributed by atoms with van der Waals surface area (Å²) in [6.45, 7) is 6.07. The van der Waals surface area contributed by atoms with E-state index in [1.807, 2.05) is 13.8 Å². The lowest BCUT2D eigenvalue weighted by atomic mass is 10.1. The van der Waals surface area contributed by atoms with E-state index < -0.39 is 20.0 Å². The third kappa shape index (κ3) is 5.14. The molecule has 0 saturated carbocycles. The van der Waals surface area contributed by atoms with Crippen LogP contribution in [0.15, 0.2) is 52.3 Å². The maximum absolute atomic E-state index is 12.3. The zero-order valence-electron chi connectivity index (χ0n) is 15.1. The largest absolute Gasteiger partial charge is 0.240 e. The Morgan fingerprint density at radius 2 is 1.35 bits per heavy atom. The minimum Gasteiger partial charge on any atom is -0.211 e. The number of hydrogen-bond acceptors (Lipinski definition) is 4. The molecule has 0 heterocycles. The molecule has 2 N–H and O–H groups in total. The molecule has 2 aromatic carbocycles. The molecule has 0 bridgehead atoms. The SMILES string of the molecule is CCNS(=O)(=O)c1ccc(CCNS(=O)(=O)c2ccc(C)c(C)c2)cc1. The first-order valence-electron chi connectivity index (χ1n) is 8.31. The topological polar surface area (TPSA) is 92.3 Å². The first-order valence-corrected chi connectivity index (χ1v) is 11.3. The number of aryl methyl sites for hydroxylation is 2. The van der Waals surface area contributed by atoms with Crippen LogP contribution in [0, 0.1) is 13.8 Å². The molecule has 2 aromatic rings. The van der Waals surface area contributed by atoms with Crippen LogP contribution in [0.1, 0.15) is 23.6 Å². The maximum Gasteiger partial charge on any atom is 0.240 e. The van der Waals surface area contributed by atoms with Crippen molar-refractivity contribution in [1.82, 2.24) is 9.44 Å². The summed E-state index contributed by atoms with van der Waals surface area (Å²) in [4.78, 5) is 0.437. The number of benzene rings is 2. The summed E-state index contributed by atoms with van der Waals surface area (Å²) in [5, 5.41) is 0. The predicted molar refractivity (Wildman–Crippen MR) is 102 cm³/mol. The summed E-state index contributed by atoms with van der Waals surface area (Å²) >= 11 is 0. The van der Waals surface area contributed by atoms with Crippen molar-refractivity contribution < 1.29 is 16.8 Å². The maximum atomic E-state index is 12.3. The average Bonchev–Trinajstić information content (AvgIpc) is 2.57. The normalized spacial score (nSPS) is 12.3. The van der Waals surface area contributed by atoms with Gasteiger partial charge in [0.15, 0.2) is 0 Å². The van der Waals surface area contributed by atoms with Crippen LogP contribution in [0.4, 0.5) is 0 Å². The van der Waals surface area contributed by atoms with Crippen molar-refractivity contribution in [3.05, 3.63) is 59.2 Å². The zero-order valence-corrected chi connectivity index (χ0v) is 16.7. The van der Waals surface area contributed by atoms with Crippen LogP contribution in [-0.4, -0.2) is 29.9 Å². The molecule has 0 aliphatic carbocycles. The molecule has 142 valence electrons. The Bertz CT molecular complexity index is 967. The molecular formula is C18H24N2O4S2. The summed E-state index contributed by atoms with van der Waals surface area (Å²) in [6.07, 6.45) is 0.464. The molecule has 26 heavy (non-hydrogen) atoms. The minimum atomic E-state index is -3.56. The predicted octanol–water partition coefficient (Wildman–Crippen LogP) is 2.12. The first kappa shape index (κ1) is 20.6. The van der Waals surface area contributed by atoms with Gasteiger partial charge < -0.3 is 0 Å². The van der Waals surface area contributed by atoms with Crippen LogP contribution in [-0.2, 0) is 26.5 Å². The summed E-state index contributed by atoms with van der Waals surface area (Å²) in [5.41, 5.74) is 2.81. The first-order chi connectivity index (χ1) is 12.2. The molecule has 0 amide bonds. The lowest BCUT2D eigenvalue weighted by Crippen LogP contribution is -2.26. The number of sulfonamides is 2. The summed E-state index contributed by atoms with van der Waals surface area (Å²) < 4.78 is 53.5. The van der Waals surface area contributed by atoms with E-state index in [-0.39, 0.29) is 16.3 Å². The Labute approximate surface area is 155 Å². The molecule has 2 rings (SSSR count). The van der Waals surface area contributed by atoms with E-state index >= 15 is 0 Å². The molecule has 0 saturated heterocycles. The molecule has 0 radical (unpaired) electrons. The number of nitrogens with one attached hydrogen (secondary N) is 2. The summed E-state index contributed by atoms with van der Waals surface area (Å²) in [6, 6.07) is 11.4. The fraction of sp³-hybridized carbons (Fsp3) is 0.333. The van der Waals surface area contributed by atoms with E-state index in [1.165, 1.54) is 12.1 Å². The molecule has 0 unspecified atom stereocenters. The third-order valence-corrected chi connectivity index (χ3v) is 7.08. The molecule has 0 aromatic heterocycles. The Balaban J connectivity index is 2.00. The Hall–Kier alpha value is -1.74. The van der Waals surface area contributed by atoms with E-state index in [2.05, 4.69) is 9.44 Å². The lowest BCUT2D eigenvalue weighted by molar-refractivity contribution is 0.581. The Morgan fingerprint density at radius 1 is 0.769 bits per heavy atom. The van der Waals surface area contributed by atoms with Crippen LogP contribution in [0.25, 0.3) is 0 Å². The van der Waals surface area contributed by atoms with E-state index in [0.717, 1.165) is 16.7 Å². The van der Waals surface area contributed by atoms with Crippen molar-refractivity contribution in [2.75, 3.05) is 13.1 Å². The molecular weight excluding hydrogens is 372 g/mol. The van der Waals surface area contributed by atoms with Gasteiger partial charge in [0.2, 0.25) is 20.0 Å². The zero-order chi connectivity index (χ0) is 19.4. The van der Waals surface area contributed by atoms with Crippen molar-refractivity contribution in [3.8, 4) is 0 Å². The fourth-order valence-electron chi connectivity index (χ4n) is 2.40. The summed E-state index contributed by atoms with van der Waals surface area (Å²) in [5.74, 6) is 0. The molecule has 0 fully saturated rings. The minimum absolute atomic E-state index is 0.193. The fourth-order valence-corrected chi connectivity index (χ4v) is 4.56. The van der Waals surface area contributed by atoms with Crippen molar-refractivity contribution in [3.63, 3.8) is 0 Å². The van der Waals surface area contributed by atoms with Crippen LogP contribution in [0.2, 0.25) is 0 Å². The van der Waals surface area contributed by atoms with Crippen molar-refractivity contribution >= 4 is 20.0 Å². The van der Waals surface area contributed by atoms with E-state index in [9.17, 15) is 16.8 Å². The molecule has 0 aliphatic heterocycles. The Morgan fingerprint density at radius 3 is 1.92 bits per heavy atom. The highest BCUT2D eigenvalue weighted by atomic mass is 32.2. The van der Waals surface area contributed by atoms with Gasteiger partial charge in [-0.05, 0) is 61.2 Å². The van der Waals surface area contributed by atoms with E-state index in [1.54, 1.807) is 37.3 Å². The lowest BCUT2D eigenvalue weighted by Gasteiger charge is -2.09. The van der Waals surface area contributed by atoms with E-state index in [0.29, 0.717) is 13.0 Å². The average molecular weight is 397 g/mol. The Kier molecular flexibility index (Phi) is 6.57. The van der Waals surface area contributed by atoms with Crippen molar-refractivity contribution in [1.29, 1.82) is 0 Å². The van der Waals surface area contributed by atoms with Crippen molar-refractivity contribution in [2.24, 2.45) is 0 Å². The highest BCUT2D eigenvalue weighted by molar-refractivity contribution is 7.89. The van der Waals surface area contributed by atoms with Gasteiger partial charge in [-0.1, -0.05) is 25.1 Å². The standard InChI is InChI=1S/C18H24N2O4S2/c1-4-19-25(21,22)17-9-6-16(7-10-17)11-12-20-26(23,24)18-8-5-14(2)15(3)13-18/h5-10,13,19-20H,4,11-12H2,1-3H3. The van der Waals surface area contributed by atoms with Gasteiger partial charge in [-0.2, -0.15) is 0 Å². The molecule has 0 spiro atoms. The van der Waals surface area contributed by atoms with Gasteiger partial charge in [-0.25, -0.2) is 26.3 Å².